The van der Waals surface area contributed by atoms with E-state index in [1.54, 1.807) is 0 Å². The van der Waals surface area contributed by atoms with Gasteiger partial charge < -0.3 is 37.9 Å². The molecule has 0 fully saturated rings. The lowest BCUT2D eigenvalue weighted by atomic mass is 10.1. The fourth-order valence-electron chi connectivity index (χ4n) is 3.56. The Morgan fingerprint density at radius 3 is 0.816 bits per heavy atom. The van der Waals surface area contributed by atoms with E-state index < -0.39 is 0 Å². The van der Waals surface area contributed by atoms with Crippen molar-refractivity contribution in [2.24, 2.45) is 0 Å². The molecule has 0 aliphatic heterocycles. The Bertz CT molecular complexity index is 371. The third-order valence-electron chi connectivity index (χ3n) is 5.72. The number of halogens is 1. The molecule has 0 aromatic carbocycles. The van der Waals surface area contributed by atoms with E-state index in [-0.39, 0.29) is 0 Å². The van der Waals surface area contributed by atoms with Gasteiger partial charge in [0, 0.05) is 11.9 Å². The molecule has 230 valence electrons. The summed E-state index contributed by atoms with van der Waals surface area (Å²) in [5.41, 5.74) is 0. The number of unbranched alkanes of at least 4 members (excludes halogenated alkanes) is 10. The van der Waals surface area contributed by atoms with Gasteiger partial charge in [0.05, 0.1) is 99.1 Å². The first-order valence-corrected chi connectivity index (χ1v) is 16.2. The minimum absolute atomic E-state index is 0.549. The Hall–Kier alpha value is 0.160. The van der Waals surface area contributed by atoms with E-state index >= 15 is 0 Å². The van der Waals surface area contributed by atoms with E-state index in [9.17, 15) is 0 Å². The van der Waals surface area contributed by atoms with Crippen LogP contribution in [-0.2, 0) is 37.9 Å². The van der Waals surface area contributed by atoms with Crippen LogP contribution in [0.2, 0.25) is 0 Å². The summed E-state index contributed by atoms with van der Waals surface area (Å²) >= 11 is 3.31. The van der Waals surface area contributed by atoms with Gasteiger partial charge in [0.15, 0.2) is 0 Å². The molecule has 0 saturated heterocycles. The first-order chi connectivity index (χ1) is 18.9. The summed E-state index contributed by atoms with van der Waals surface area (Å²) in [6.07, 6.45) is 14.9. The van der Waals surface area contributed by atoms with Gasteiger partial charge in [-0.2, -0.15) is 0 Å². The average molecular weight is 616 g/mol. The van der Waals surface area contributed by atoms with Crippen molar-refractivity contribution in [3.05, 3.63) is 0 Å². The monoisotopic (exact) mass is 614 g/mol. The van der Waals surface area contributed by atoms with Crippen LogP contribution in [0.15, 0.2) is 0 Å². The lowest BCUT2D eigenvalue weighted by molar-refractivity contribution is -0.0228. The van der Waals surface area contributed by atoms with Gasteiger partial charge in [-0.3, -0.25) is 0 Å². The summed E-state index contributed by atoms with van der Waals surface area (Å²) in [5, 5.41) is 0.848. The molecule has 0 bridgehead atoms. The predicted octanol–water partition coefficient (Wildman–Crippen LogP) is 5.83. The molecule has 0 aromatic heterocycles. The Labute approximate surface area is 242 Å². The van der Waals surface area contributed by atoms with Crippen LogP contribution in [-0.4, -0.2) is 111 Å². The molecule has 0 radical (unpaired) electrons. The van der Waals surface area contributed by atoms with E-state index in [0.29, 0.717) is 99.1 Å². The number of ether oxygens (including phenoxy) is 8. The number of rotatable bonds is 35. The summed E-state index contributed by atoms with van der Waals surface area (Å²) in [6, 6.07) is 0. The van der Waals surface area contributed by atoms with Gasteiger partial charge in [-0.25, -0.2) is 0 Å². The van der Waals surface area contributed by atoms with Gasteiger partial charge in [0.2, 0.25) is 0 Å². The Kier molecular flexibility index (Phi) is 37.3. The molecular weight excluding hydrogens is 556 g/mol. The molecule has 8 nitrogen and oxygen atoms in total. The van der Waals surface area contributed by atoms with Gasteiger partial charge in [0.25, 0.3) is 0 Å². The lowest BCUT2D eigenvalue weighted by Crippen LogP contribution is -2.15. The molecule has 0 amide bonds. The second-order valence-corrected chi connectivity index (χ2v) is 9.92. The van der Waals surface area contributed by atoms with Crippen LogP contribution < -0.4 is 0 Å². The second kappa shape index (κ2) is 37.2. The molecule has 0 spiro atoms. The lowest BCUT2D eigenvalue weighted by Gasteiger charge is -2.08. The van der Waals surface area contributed by atoms with E-state index in [1.165, 1.54) is 64.2 Å². The normalized spacial score (nSPS) is 11.5. The molecule has 0 aliphatic rings. The Balaban J connectivity index is 3.01. The molecule has 0 atom stereocenters. The van der Waals surface area contributed by atoms with Gasteiger partial charge in [-0.1, -0.05) is 87.1 Å². The summed E-state index contributed by atoms with van der Waals surface area (Å²) in [5.74, 6) is 0. The third-order valence-corrected chi connectivity index (χ3v) is 6.04. The average Bonchev–Trinajstić information content (AvgIpc) is 2.93. The predicted molar refractivity (Wildman–Crippen MR) is 157 cm³/mol. The highest BCUT2D eigenvalue weighted by atomic mass is 79.9. The topological polar surface area (TPSA) is 73.8 Å². The van der Waals surface area contributed by atoms with Crippen molar-refractivity contribution in [1.82, 2.24) is 0 Å². The minimum Gasteiger partial charge on any atom is -0.379 e. The minimum atomic E-state index is 0.549. The van der Waals surface area contributed by atoms with Crippen molar-refractivity contribution in [3.8, 4) is 0 Å². The van der Waals surface area contributed by atoms with Crippen LogP contribution in [0.4, 0.5) is 0 Å². The van der Waals surface area contributed by atoms with E-state index in [1.807, 2.05) is 0 Å². The molecule has 38 heavy (non-hydrogen) atoms. The number of hydrogen-bond donors (Lipinski definition) is 0. The summed E-state index contributed by atoms with van der Waals surface area (Å²) in [7, 11) is 0. The van der Waals surface area contributed by atoms with Crippen LogP contribution in [0.5, 0.6) is 0 Å². The number of hydrogen-bond acceptors (Lipinski definition) is 8. The van der Waals surface area contributed by atoms with Gasteiger partial charge in [-0.05, 0) is 6.42 Å². The maximum Gasteiger partial charge on any atom is 0.0701 e. The zero-order valence-electron chi connectivity index (χ0n) is 24.4. The van der Waals surface area contributed by atoms with E-state index in [4.69, 9.17) is 37.9 Å². The van der Waals surface area contributed by atoms with Gasteiger partial charge >= 0.3 is 0 Å². The number of alkyl halides is 1. The molecule has 0 unspecified atom stereocenters. The molecule has 0 saturated carbocycles. The first-order valence-electron chi connectivity index (χ1n) is 15.1. The Morgan fingerprint density at radius 1 is 0.289 bits per heavy atom. The van der Waals surface area contributed by atoms with E-state index in [0.717, 1.165) is 18.4 Å². The smallest absolute Gasteiger partial charge is 0.0701 e. The van der Waals surface area contributed by atoms with Crippen molar-refractivity contribution in [2.45, 2.75) is 77.6 Å². The van der Waals surface area contributed by atoms with Crippen LogP contribution in [0.1, 0.15) is 77.6 Å². The van der Waals surface area contributed by atoms with E-state index in [2.05, 4.69) is 22.9 Å². The molecule has 0 rings (SSSR count). The molecule has 0 aliphatic carbocycles. The van der Waals surface area contributed by atoms with Crippen molar-refractivity contribution in [2.75, 3.05) is 111 Å². The summed E-state index contributed by atoms with van der Waals surface area (Å²) in [6.45, 7) is 11.9. The van der Waals surface area contributed by atoms with Crippen LogP contribution in [0.25, 0.3) is 0 Å². The zero-order valence-corrected chi connectivity index (χ0v) is 26.0. The largest absolute Gasteiger partial charge is 0.379 e. The maximum absolute atomic E-state index is 5.64. The van der Waals surface area contributed by atoms with Crippen LogP contribution in [0.3, 0.4) is 0 Å². The molecule has 0 N–H and O–H groups in total. The SMILES string of the molecule is CCCCCCCCCCCCCOCCOCCOCCOCCOCCOCCOCCOCCBr. The zero-order chi connectivity index (χ0) is 27.5. The molecule has 9 heteroatoms. The Morgan fingerprint density at radius 2 is 0.526 bits per heavy atom. The van der Waals surface area contributed by atoms with Crippen molar-refractivity contribution in [1.29, 1.82) is 0 Å². The van der Waals surface area contributed by atoms with Crippen LogP contribution in [0, 0.1) is 0 Å². The highest BCUT2D eigenvalue weighted by Gasteiger charge is 1.96. The fraction of sp³-hybridized carbons (Fsp3) is 1.00. The summed E-state index contributed by atoms with van der Waals surface area (Å²) in [4.78, 5) is 0. The quantitative estimate of drug-likeness (QED) is 0.0652. The van der Waals surface area contributed by atoms with Crippen molar-refractivity contribution < 1.29 is 37.9 Å². The highest BCUT2D eigenvalue weighted by molar-refractivity contribution is 9.09. The highest BCUT2D eigenvalue weighted by Crippen LogP contribution is 2.11. The van der Waals surface area contributed by atoms with Gasteiger partial charge in [-0.15, -0.1) is 0 Å². The maximum atomic E-state index is 5.64. The van der Waals surface area contributed by atoms with Gasteiger partial charge in [0.1, 0.15) is 0 Å². The first kappa shape index (κ1) is 38.2. The fourth-order valence-corrected chi connectivity index (χ4v) is 3.79. The van der Waals surface area contributed by atoms with Crippen LogP contribution >= 0.6 is 15.9 Å². The molecular formula is C29H59BrO8. The third kappa shape index (κ3) is 36.2. The second-order valence-electron chi connectivity index (χ2n) is 9.12. The van der Waals surface area contributed by atoms with Crippen molar-refractivity contribution >= 4 is 15.9 Å². The standard InChI is InChI=1S/C29H59BrO8/c1-2-3-4-5-6-7-8-9-10-11-12-14-31-16-18-33-20-22-35-24-26-37-28-29-38-27-25-36-23-21-34-19-17-32-15-13-30/h2-29H2,1H3. The summed E-state index contributed by atoms with van der Waals surface area (Å²) < 4.78 is 43.7. The van der Waals surface area contributed by atoms with Crippen molar-refractivity contribution in [3.63, 3.8) is 0 Å². The molecule has 0 heterocycles. The molecule has 0 aromatic rings.